The monoisotopic (exact) mass is 619 g/mol. The topological polar surface area (TPSA) is 111 Å². The lowest BCUT2D eigenvalue weighted by molar-refractivity contribution is -0.142. The van der Waals surface area contributed by atoms with E-state index in [1.165, 1.54) is 5.56 Å². The Balaban J connectivity index is 1.62. The summed E-state index contributed by atoms with van der Waals surface area (Å²) in [6.45, 7) is 9.76. The smallest absolute Gasteiger partial charge is 0.246 e. The van der Waals surface area contributed by atoms with Crippen molar-refractivity contribution in [2.24, 2.45) is 5.41 Å². The molecule has 4 amide bonds. The van der Waals surface area contributed by atoms with E-state index < -0.39 is 17.5 Å². The SMILES string of the molecule is CN[C@@H](C)C(=O)N[C@H](C(=O)N1CCC[C@H]1CN(CCc1ccccc1)C(=O)CCCC(=O)NCCc1ccccc1)C(C)(C)C. The van der Waals surface area contributed by atoms with Crippen LogP contribution in [0.4, 0.5) is 0 Å². The van der Waals surface area contributed by atoms with E-state index in [0.717, 1.165) is 24.8 Å². The summed E-state index contributed by atoms with van der Waals surface area (Å²) in [6.07, 6.45) is 4.13. The summed E-state index contributed by atoms with van der Waals surface area (Å²) in [5, 5.41) is 8.88. The molecule has 0 bridgehead atoms. The fraction of sp³-hybridized carbons (Fsp3) is 0.556. The molecule has 2 aromatic rings. The quantitative estimate of drug-likeness (QED) is 0.265. The Labute approximate surface area is 269 Å². The standard InChI is InChI=1S/C36H53N5O4/c1-27(37-5)34(44)39-33(36(2,3)4)35(45)41-24-13-18-30(41)26-40(25-22-29-16-10-7-11-17-29)32(43)20-12-19-31(42)38-23-21-28-14-8-6-9-15-28/h6-11,14-17,27,30,33,37H,12-13,18-26H2,1-5H3,(H,38,42)(H,39,44)/t27-,30-,33+/m0/s1. The van der Waals surface area contributed by atoms with Crippen molar-refractivity contribution in [2.45, 2.75) is 90.8 Å². The minimum absolute atomic E-state index is 0.00849. The first kappa shape index (κ1) is 35.8. The Morgan fingerprint density at radius 2 is 1.56 bits per heavy atom. The van der Waals surface area contributed by atoms with Crippen molar-refractivity contribution in [3.63, 3.8) is 0 Å². The van der Waals surface area contributed by atoms with Crippen molar-refractivity contribution in [1.82, 2.24) is 25.8 Å². The maximum absolute atomic E-state index is 13.9. The van der Waals surface area contributed by atoms with Crippen LogP contribution in [0, 0.1) is 5.41 Å². The molecule has 45 heavy (non-hydrogen) atoms. The van der Waals surface area contributed by atoms with E-state index in [2.05, 4.69) is 28.1 Å². The second kappa shape index (κ2) is 17.7. The van der Waals surface area contributed by atoms with Crippen molar-refractivity contribution in [3.8, 4) is 0 Å². The van der Waals surface area contributed by atoms with Crippen LogP contribution in [0.25, 0.3) is 0 Å². The minimum atomic E-state index is -0.685. The molecule has 9 nitrogen and oxygen atoms in total. The van der Waals surface area contributed by atoms with Crippen LogP contribution in [0.2, 0.25) is 0 Å². The zero-order valence-corrected chi connectivity index (χ0v) is 27.8. The highest BCUT2D eigenvalue weighted by atomic mass is 16.2. The summed E-state index contributed by atoms with van der Waals surface area (Å²) in [4.78, 5) is 56.5. The molecule has 3 rings (SSSR count). The third-order valence-corrected chi connectivity index (χ3v) is 8.56. The van der Waals surface area contributed by atoms with E-state index in [0.29, 0.717) is 45.4 Å². The number of nitrogens with zero attached hydrogens (tertiary/aromatic N) is 2. The lowest BCUT2D eigenvalue weighted by Crippen LogP contribution is -2.59. The van der Waals surface area contributed by atoms with Crippen LogP contribution in [-0.4, -0.2) is 84.8 Å². The van der Waals surface area contributed by atoms with Crippen molar-refractivity contribution in [2.75, 3.05) is 33.2 Å². The van der Waals surface area contributed by atoms with E-state index in [4.69, 9.17) is 0 Å². The summed E-state index contributed by atoms with van der Waals surface area (Å²) in [5.41, 5.74) is 1.82. The minimum Gasteiger partial charge on any atom is -0.356 e. The number of benzene rings is 2. The molecule has 0 saturated carbocycles. The Hall–Kier alpha value is -3.72. The number of hydrogen-bond donors (Lipinski definition) is 3. The molecule has 0 spiro atoms. The normalized spacial score (nSPS) is 16.1. The molecule has 3 N–H and O–H groups in total. The van der Waals surface area contributed by atoms with Gasteiger partial charge in [-0.2, -0.15) is 0 Å². The number of likely N-dealkylation sites (N-methyl/N-ethyl adjacent to an activating group) is 1. The van der Waals surface area contributed by atoms with Gasteiger partial charge >= 0.3 is 0 Å². The molecular formula is C36H53N5O4. The zero-order chi connectivity index (χ0) is 32.8. The van der Waals surface area contributed by atoms with Gasteiger partial charge in [-0.1, -0.05) is 81.4 Å². The average molecular weight is 620 g/mol. The number of amides is 4. The third-order valence-electron chi connectivity index (χ3n) is 8.56. The predicted molar refractivity (Wildman–Crippen MR) is 178 cm³/mol. The van der Waals surface area contributed by atoms with E-state index >= 15 is 0 Å². The van der Waals surface area contributed by atoms with Crippen molar-refractivity contribution in [3.05, 3.63) is 71.8 Å². The first-order valence-corrected chi connectivity index (χ1v) is 16.4. The van der Waals surface area contributed by atoms with Crippen molar-refractivity contribution in [1.29, 1.82) is 0 Å². The molecule has 1 heterocycles. The van der Waals surface area contributed by atoms with Gasteiger partial charge in [0.1, 0.15) is 6.04 Å². The van der Waals surface area contributed by atoms with Crippen LogP contribution in [0.15, 0.2) is 60.7 Å². The number of rotatable bonds is 16. The number of carbonyl (C=O) groups excluding carboxylic acids is 4. The van der Waals surface area contributed by atoms with Gasteiger partial charge in [-0.05, 0) is 62.6 Å². The molecule has 2 aromatic carbocycles. The van der Waals surface area contributed by atoms with Crippen molar-refractivity contribution < 1.29 is 19.2 Å². The van der Waals surface area contributed by atoms with Crippen LogP contribution in [0.3, 0.4) is 0 Å². The molecule has 1 saturated heterocycles. The molecule has 1 aliphatic rings. The first-order valence-electron chi connectivity index (χ1n) is 16.4. The van der Waals surface area contributed by atoms with Gasteiger partial charge in [-0.3, -0.25) is 19.2 Å². The van der Waals surface area contributed by atoms with E-state index in [-0.39, 0.29) is 36.1 Å². The van der Waals surface area contributed by atoms with Gasteiger partial charge in [-0.25, -0.2) is 0 Å². The highest BCUT2D eigenvalue weighted by Gasteiger charge is 2.40. The molecule has 0 aliphatic carbocycles. The molecule has 1 fully saturated rings. The average Bonchev–Trinajstić information content (AvgIpc) is 3.49. The molecule has 0 aromatic heterocycles. The highest BCUT2D eigenvalue weighted by Crippen LogP contribution is 2.26. The molecule has 1 aliphatic heterocycles. The predicted octanol–water partition coefficient (Wildman–Crippen LogP) is 3.72. The summed E-state index contributed by atoms with van der Waals surface area (Å²) >= 11 is 0. The lowest BCUT2D eigenvalue weighted by atomic mass is 9.85. The van der Waals surface area contributed by atoms with E-state index in [9.17, 15) is 19.2 Å². The summed E-state index contributed by atoms with van der Waals surface area (Å²) in [7, 11) is 1.72. The lowest BCUT2D eigenvalue weighted by Gasteiger charge is -2.37. The maximum atomic E-state index is 13.9. The maximum Gasteiger partial charge on any atom is 0.246 e. The van der Waals surface area contributed by atoms with Crippen molar-refractivity contribution >= 4 is 23.6 Å². The van der Waals surface area contributed by atoms with Gasteiger partial charge in [0.2, 0.25) is 23.6 Å². The molecule has 9 heteroatoms. The van der Waals surface area contributed by atoms with Gasteiger partial charge in [0.15, 0.2) is 0 Å². The second-order valence-electron chi connectivity index (χ2n) is 13.2. The van der Waals surface area contributed by atoms with E-state index in [1.807, 2.05) is 79.1 Å². The Morgan fingerprint density at radius 1 is 0.933 bits per heavy atom. The fourth-order valence-corrected chi connectivity index (χ4v) is 5.65. The zero-order valence-electron chi connectivity index (χ0n) is 27.8. The molecule has 0 radical (unpaired) electrons. The summed E-state index contributed by atoms with van der Waals surface area (Å²) in [6, 6.07) is 18.8. The van der Waals surface area contributed by atoms with Gasteiger partial charge < -0.3 is 25.8 Å². The molecule has 246 valence electrons. The number of likely N-dealkylation sites (tertiary alicyclic amines) is 1. The summed E-state index contributed by atoms with van der Waals surface area (Å²) < 4.78 is 0. The van der Waals surface area contributed by atoms with E-state index in [1.54, 1.807) is 14.0 Å². The number of nitrogens with one attached hydrogen (secondary N) is 3. The van der Waals surface area contributed by atoms with Gasteiger partial charge in [0, 0.05) is 45.1 Å². The summed E-state index contributed by atoms with van der Waals surface area (Å²) in [5.74, 6) is -0.384. The van der Waals surface area contributed by atoms with Crippen LogP contribution < -0.4 is 16.0 Å². The first-order chi connectivity index (χ1) is 21.5. The Morgan fingerprint density at radius 3 is 2.16 bits per heavy atom. The Kier molecular flexibility index (Phi) is 14.1. The molecule has 0 unspecified atom stereocenters. The third kappa shape index (κ3) is 11.6. The van der Waals surface area contributed by atoms with Crippen LogP contribution in [-0.2, 0) is 32.0 Å². The molecule has 3 atom stereocenters. The number of hydrogen-bond acceptors (Lipinski definition) is 5. The van der Waals surface area contributed by atoms with Gasteiger partial charge in [0.05, 0.1) is 6.04 Å². The van der Waals surface area contributed by atoms with Crippen LogP contribution in [0.5, 0.6) is 0 Å². The van der Waals surface area contributed by atoms with Crippen LogP contribution >= 0.6 is 0 Å². The largest absolute Gasteiger partial charge is 0.356 e. The van der Waals surface area contributed by atoms with Gasteiger partial charge in [-0.15, -0.1) is 0 Å². The molecular weight excluding hydrogens is 566 g/mol. The Bertz CT molecular complexity index is 1230. The van der Waals surface area contributed by atoms with Crippen LogP contribution in [0.1, 0.15) is 70.9 Å². The van der Waals surface area contributed by atoms with Gasteiger partial charge in [0.25, 0.3) is 0 Å². The second-order valence-corrected chi connectivity index (χ2v) is 13.2. The number of carbonyl (C=O) groups is 4. The fourth-order valence-electron chi connectivity index (χ4n) is 5.65. The highest BCUT2D eigenvalue weighted by molar-refractivity contribution is 5.90.